The Morgan fingerprint density at radius 1 is 1.47 bits per heavy atom. The van der Waals surface area contributed by atoms with Crippen LogP contribution in [0.3, 0.4) is 0 Å². The molecular formula is C10H12N4O3S2. The van der Waals surface area contributed by atoms with E-state index in [0.29, 0.717) is 15.7 Å². The number of nitrogens with zero attached hydrogens (tertiary/aromatic N) is 2. The SMILES string of the molecule is CCS(=O)(=O)Nc1ccc(O)c(Sc2ncn[nH]2)c1. The van der Waals surface area contributed by atoms with Crippen molar-refractivity contribution in [1.82, 2.24) is 15.2 Å². The summed E-state index contributed by atoms with van der Waals surface area (Å²) in [7, 11) is -3.34. The van der Waals surface area contributed by atoms with Crippen LogP contribution in [-0.4, -0.2) is 34.5 Å². The van der Waals surface area contributed by atoms with E-state index in [1.165, 1.54) is 24.5 Å². The molecule has 0 amide bonds. The smallest absolute Gasteiger partial charge is 0.232 e. The minimum atomic E-state index is -3.34. The van der Waals surface area contributed by atoms with E-state index in [4.69, 9.17) is 0 Å². The van der Waals surface area contributed by atoms with Crippen molar-refractivity contribution in [2.75, 3.05) is 10.5 Å². The van der Waals surface area contributed by atoms with E-state index in [9.17, 15) is 13.5 Å². The van der Waals surface area contributed by atoms with Crippen molar-refractivity contribution in [1.29, 1.82) is 0 Å². The lowest BCUT2D eigenvalue weighted by molar-refractivity contribution is 0.462. The van der Waals surface area contributed by atoms with Crippen LogP contribution >= 0.6 is 11.8 Å². The van der Waals surface area contributed by atoms with E-state index in [-0.39, 0.29) is 11.5 Å². The van der Waals surface area contributed by atoms with Gasteiger partial charge in [-0.3, -0.25) is 9.82 Å². The van der Waals surface area contributed by atoms with Gasteiger partial charge in [-0.25, -0.2) is 13.4 Å². The molecule has 1 aromatic carbocycles. The van der Waals surface area contributed by atoms with Crippen molar-refractivity contribution in [3.63, 3.8) is 0 Å². The van der Waals surface area contributed by atoms with E-state index < -0.39 is 10.0 Å². The van der Waals surface area contributed by atoms with Gasteiger partial charge in [-0.15, -0.1) is 0 Å². The van der Waals surface area contributed by atoms with E-state index in [2.05, 4.69) is 19.9 Å². The highest BCUT2D eigenvalue weighted by Gasteiger charge is 2.11. The van der Waals surface area contributed by atoms with E-state index in [1.807, 2.05) is 0 Å². The Hall–Kier alpha value is -1.74. The van der Waals surface area contributed by atoms with Gasteiger partial charge in [0.25, 0.3) is 0 Å². The number of nitrogens with one attached hydrogen (secondary N) is 2. The maximum atomic E-state index is 11.5. The molecule has 19 heavy (non-hydrogen) atoms. The highest BCUT2D eigenvalue weighted by Crippen LogP contribution is 2.34. The number of anilines is 1. The third-order valence-corrected chi connectivity index (χ3v) is 4.46. The summed E-state index contributed by atoms with van der Waals surface area (Å²) in [6.45, 7) is 1.55. The molecule has 0 fully saturated rings. The van der Waals surface area contributed by atoms with Crippen LogP contribution in [-0.2, 0) is 10.0 Å². The second-order valence-electron chi connectivity index (χ2n) is 3.58. The van der Waals surface area contributed by atoms with Gasteiger partial charge in [0.15, 0.2) is 5.16 Å². The molecule has 2 aromatic rings. The Morgan fingerprint density at radius 3 is 2.89 bits per heavy atom. The summed E-state index contributed by atoms with van der Waals surface area (Å²) < 4.78 is 25.4. The Morgan fingerprint density at radius 2 is 2.26 bits per heavy atom. The van der Waals surface area contributed by atoms with Crippen LogP contribution in [0.4, 0.5) is 5.69 Å². The molecular weight excluding hydrogens is 288 g/mol. The predicted octanol–water partition coefficient (Wildman–Crippen LogP) is 1.42. The molecule has 9 heteroatoms. The molecule has 0 unspecified atom stereocenters. The Kier molecular flexibility index (Phi) is 3.96. The molecule has 0 atom stereocenters. The Balaban J connectivity index is 2.24. The number of phenols is 1. The lowest BCUT2D eigenvalue weighted by Crippen LogP contribution is -2.14. The van der Waals surface area contributed by atoms with Gasteiger partial charge in [-0.05, 0) is 36.9 Å². The van der Waals surface area contributed by atoms with E-state index >= 15 is 0 Å². The van der Waals surface area contributed by atoms with Crippen LogP contribution in [0.5, 0.6) is 5.75 Å². The zero-order chi connectivity index (χ0) is 13.9. The molecule has 102 valence electrons. The maximum absolute atomic E-state index is 11.5. The van der Waals surface area contributed by atoms with E-state index in [0.717, 1.165) is 11.8 Å². The third-order valence-electron chi connectivity index (χ3n) is 2.21. The number of aromatic amines is 1. The van der Waals surface area contributed by atoms with E-state index in [1.54, 1.807) is 6.92 Å². The Labute approximate surface area is 114 Å². The molecule has 1 aromatic heterocycles. The first kappa shape index (κ1) is 13.7. The van der Waals surface area contributed by atoms with Gasteiger partial charge in [0, 0.05) is 5.69 Å². The first-order chi connectivity index (χ1) is 9.00. The molecule has 0 saturated heterocycles. The second kappa shape index (κ2) is 5.49. The number of benzene rings is 1. The summed E-state index contributed by atoms with van der Waals surface area (Å²) in [5, 5.41) is 16.6. The summed E-state index contributed by atoms with van der Waals surface area (Å²) in [4.78, 5) is 4.40. The number of hydrogen-bond donors (Lipinski definition) is 3. The quantitative estimate of drug-likeness (QED) is 0.721. The maximum Gasteiger partial charge on any atom is 0.232 e. The minimum Gasteiger partial charge on any atom is -0.507 e. The molecule has 1 heterocycles. The van der Waals surface area contributed by atoms with Crippen LogP contribution in [0.15, 0.2) is 34.6 Å². The molecule has 3 N–H and O–H groups in total. The predicted molar refractivity (Wildman–Crippen MR) is 71.7 cm³/mol. The largest absolute Gasteiger partial charge is 0.507 e. The van der Waals surface area contributed by atoms with Crippen molar-refractivity contribution in [3.8, 4) is 5.75 Å². The third kappa shape index (κ3) is 3.61. The first-order valence-corrected chi connectivity index (χ1v) is 7.84. The molecule has 0 saturated carbocycles. The topological polar surface area (TPSA) is 108 Å². The first-order valence-electron chi connectivity index (χ1n) is 5.37. The van der Waals surface area contributed by atoms with Crippen molar-refractivity contribution >= 4 is 27.5 Å². The van der Waals surface area contributed by atoms with Crippen LogP contribution in [0, 0.1) is 0 Å². The molecule has 0 aliphatic rings. The van der Waals surface area contributed by atoms with Gasteiger partial charge >= 0.3 is 0 Å². The summed E-state index contributed by atoms with van der Waals surface area (Å²) in [5.74, 6) is 0.0270. The molecule has 0 radical (unpaired) electrons. The van der Waals surface area contributed by atoms with Gasteiger partial charge in [0.05, 0.1) is 10.6 Å². The average Bonchev–Trinajstić information content (AvgIpc) is 2.86. The zero-order valence-electron chi connectivity index (χ0n) is 9.99. The highest BCUT2D eigenvalue weighted by molar-refractivity contribution is 7.99. The fraction of sp³-hybridized carbons (Fsp3) is 0.200. The average molecular weight is 300 g/mol. The van der Waals surface area contributed by atoms with Crippen molar-refractivity contribution in [3.05, 3.63) is 24.5 Å². The number of hydrogen-bond acceptors (Lipinski definition) is 6. The number of sulfonamides is 1. The summed E-state index contributed by atoms with van der Waals surface area (Å²) in [6.07, 6.45) is 1.35. The standard InChI is InChI=1S/C10H12N4O3S2/c1-2-19(16,17)14-7-3-4-8(15)9(5-7)18-10-11-6-12-13-10/h3-6,14-15H,2H2,1H3,(H,11,12,13). The van der Waals surface area contributed by atoms with Crippen molar-refractivity contribution in [2.24, 2.45) is 0 Å². The number of rotatable bonds is 5. The fourth-order valence-corrected chi connectivity index (χ4v) is 2.65. The van der Waals surface area contributed by atoms with Crippen molar-refractivity contribution in [2.45, 2.75) is 17.0 Å². The molecule has 0 aliphatic heterocycles. The van der Waals surface area contributed by atoms with Crippen LogP contribution in [0.2, 0.25) is 0 Å². The second-order valence-corrected chi connectivity index (χ2v) is 6.62. The number of aromatic nitrogens is 3. The van der Waals surface area contributed by atoms with Gasteiger partial charge in [-0.2, -0.15) is 5.10 Å². The zero-order valence-corrected chi connectivity index (χ0v) is 11.6. The molecule has 0 spiro atoms. The van der Waals surface area contributed by atoms with Gasteiger partial charge in [0.1, 0.15) is 12.1 Å². The number of aromatic hydroxyl groups is 1. The van der Waals surface area contributed by atoms with Gasteiger partial charge < -0.3 is 5.11 Å². The Bertz CT molecular complexity index is 655. The number of H-pyrrole nitrogens is 1. The highest BCUT2D eigenvalue weighted by atomic mass is 32.2. The van der Waals surface area contributed by atoms with Crippen molar-refractivity contribution < 1.29 is 13.5 Å². The normalized spacial score (nSPS) is 11.4. The van der Waals surface area contributed by atoms with Gasteiger partial charge in [-0.1, -0.05) is 0 Å². The molecule has 7 nitrogen and oxygen atoms in total. The van der Waals surface area contributed by atoms with Crippen LogP contribution in [0.25, 0.3) is 0 Å². The minimum absolute atomic E-state index is 0.0154. The number of phenolic OH excluding ortho intramolecular Hbond substituents is 1. The van der Waals surface area contributed by atoms with Gasteiger partial charge in [0.2, 0.25) is 10.0 Å². The summed E-state index contributed by atoms with van der Waals surface area (Å²) in [5.41, 5.74) is 0.390. The van der Waals surface area contributed by atoms with Crippen LogP contribution in [0.1, 0.15) is 6.92 Å². The lowest BCUT2D eigenvalue weighted by Gasteiger charge is -2.08. The fourth-order valence-electron chi connectivity index (χ4n) is 1.26. The lowest BCUT2D eigenvalue weighted by atomic mass is 10.3. The molecule has 0 aliphatic carbocycles. The monoisotopic (exact) mass is 300 g/mol. The molecule has 2 rings (SSSR count). The summed E-state index contributed by atoms with van der Waals surface area (Å²) >= 11 is 1.15. The summed E-state index contributed by atoms with van der Waals surface area (Å²) in [6, 6.07) is 4.45. The van der Waals surface area contributed by atoms with Crippen LogP contribution < -0.4 is 4.72 Å². The molecule has 0 bridgehead atoms.